The molecule has 1 aliphatic carbocycles. The van der Waals surface area contributed by atoms with Crippen LogP contribution in [0.2, 0.25) is 0 Å². The first-order chi connectivity index (χ1) is 12.5. The van der Waals surface area contributed by atoms with E-state index in [4.69, 9.17) is 0 Å². The van der Waals surface area contributed by atoms with Crippen molar-refractivity contribution in [3.63, 3.8) is 0 Å². The molecule has 0 unspecified atom stereocenters. The Morgan fingerprint density at radius 2 is 1.73 bits per heavy atom. The van der Waals surface area contributed by atoms with Crippen LogP contribution in [0.15, 0.2) is 83.5 Å². The molecule has 26 heavy (non-hydrogen) atoms. The Hall–Kier alpha value is -2.94. The van der Waals surface area contributed by atoms with E-state index in [1.165, 1.54) is 0 Å². The minimum atomic E-state index is -0.192. The number of nitrogens with zero attached hydrogens (tertiary/aromatic N) is 1. The van der Waals surface area contributed by atoms with E-state index in [-0.39, 0.29) is 5.91 Å². The number of carbonyl (C=O) groups excluding carboxylic acids is 1. The molecule has 0 spiro atoms. The second kappa shape index (κ2) is 7.96. The molecule has 0 heterocycles. The number of rotatable bonds is 4. The van der Waals surface area contributed by atoms with Gasteiger partial charge in [-0.1, -0.05) is 60.7 Å². The monoisotopic (exact) mass is 344 g/mol. The van der Waals surface area contributed by atoms with Crippen LogP contribution in [0.4, 0.5) is 0 Å². The second-order valence-electron chi connectivity index (χ2n) is 6.81. The smallest absolute Gasteiger partial charge is 0.267 e. The third-order valence-electron chi connectivity index (χ3n) is 4.85. The fourth-order valence-electron chi connectivity index (χ4n) is 3.05. The minimum Gasteiger partial charge on any atom is -0.267 e. The lowest BCUT2D eigenvalue weighted by Crippen LogP contribution is -2.23. The van der Waals surface area contributed by atoms with Gasteiger partial charge in [-0.2, -0.15) is 5.10 Å². The summed E-state index contributed by atoms with van der Waals surface area (Å²) in [5.74, 6) is 0.210. The summed E-state index contributed by atoms with van der Waals surface area (Å²) < 4.78 is 0. The van der Waals surface area contributed by atoms with Crippen LogP contribution >= 0.6 is 0 Å². The van der Waals surface area contributed by atoms with Crippen LogP contribution in [0, 0.1) is 5.92 Å². The third kappa shape index (κ3) is 4.17. The van der Waals surface area contributed by atoms with Gasteiger partial charge in [0.05, 0.1) is 5.71 Å². The van der Waals surface area contributed by atoms with Crippen LogP contribution in [0.25, 0.3) is 11.1 Å². The molecule has 2 aromatic carbocycles. The fraction of sp³-hybridized carbons (Fsp3) is 0.217. The molecule has 0 radical (unpaired) electrons. The first-order valence-corrected chi connectivity index (χ1v) is 8.89. The van der Waals surface area contributed by atoms with Gasteiger partial charge in [-0.3, -0.25) is 4.79 Å². The second-order valence-corrected chi connectivity index (χ2v) is 6.81. The molecule has 3 rings (SSSR count). The molecule has 1 atom stereocenters. The van der Waals surface area contributed by atoms with E-state index in [2.05, 4.69) is 35.3 Å². The molecule has 1 aliphatic rings. The topological polar surface area (TPSA) is 41.5 Å². The summed E-state index contributed by atoms with van der Waals surface area (Å²) >= 11 is 0. The van der Waals surface area contributed by atoms with Gasteiger partial charge in [-0.05, 0) is 61.4 Å². The third-order valence-corrected chi connectivity index (χ3v) is 4.85. The van der Waals surface area contributed by atoms with Gasteiger partial charge in [0.25, 0.3) is 5.91 Å². The van der Waals surface area contributed by atoms with Crippen LogP contribution in [0.1, 0.15) is 37.0 Å². The summed E-state index contributed by atoms with van der Waals surface area (Å²) in [6.45, 7) is 8.12. The zero-order valence-electron chi connectivity index (χ0n) is 15.3. The minimum absolute atomic E-state index is 0.192. The maximum atomic E-state index is 12.4. The van der Waals surface area contributed by atoms with Crippen molar-refractivity contribution in [1.82, 2.24) is 5.43 Å². The van der Waals surface area contributed by atoms with Crippen LogP contribution in [0.3, 0.4) is 0 Å². The highest BCUT2D eigenvalue weighted by atomic mass is 16.2. The van der Waals surface area contributed by atoms with Crippen molar-refractivity contribution in [3.8, 4) is 11.1 Å². The normalized spacial score (nSPS) is 18.3. The summed E-state index contributed by atoms with van der Waals surface area (Å²) in [7, 11) is 0. The standard InChI is InChI=1S/C23H24N2O/c1-16(2)21-10-9-17(3)22(15-21)24-25-23(26)20-13-11-19(12-14-20)18-7-5-4-6-8-18/h4-9,11-14,21H,1,10,15H2,2-3H3,(H,25,26)/b24-22-/t21-/m0/s1. The number of allylic oxidation sites excluding steroid dienone is 3. The van der Waals surface area contributed by atoms with Gasteiger partial charge in [-0.15, -0.1) is 0 Å². The highest BCUT2D eigenvalue weighted by molar-refractivity contribution is 6.02. The van der Waals surface area contributed by atoms with E-state index in [9.17, 15) is 4.79 Å². The van der Waals surface area contributed by atoms with Gasteiger partial charge < -0.3 is 0 Å². The molecule has 132 valence electrons. The molecular weight excluding hydrogens is 320 g/mol. The number of nitrogens with one attached hydrogen (secondary N) is 1. The number of hydrogen-bond acceptors (Lipinski definition) is 2. The quantitative estimate of drug-likeness (QED) is 0.588. The van der Waals surface area contributed by atoms with E-state index in [0.29, 0.717) is 11.5 Å². The summed E-state index contributed by atoms with van der Waals surface area (Å²) in [6, 6.07) is 17.7. The van der Waals surface area contributed by atoms with E-state index in [1.807, 2.05) is 56.3 Å². The number of amides is 1. The summed E-state index contributed by atoms with van der Waals surface area (Å²) in [4.78, 5) is 12.4. The van der Waals surface area contributed by atoms with Crippen LogP contribution in [-0.2, 0) is 0 Å². The van der Waals surface area contributed by atoms with E-state index < -0.39 is 0 Å². The first kappa shape index (κ1) is 17.9. The summed E-state index contributed by atoms with van der Waals surface area (Å²) in [5.41, 5.74) is 8.73. The molecule has 0 saturated heterocycles. The van der Waals surface area contributed by atoms with Crippen molar-refractivity contribution >= 4 is 11.6 Å². The molecular formula is C23H24N2O. The van der Waals surface area contributed by atoms with Crippen LogP contribution in [-0.4, -0.2) is 11.6 Å². The van der Waals surface area contributed by atoms with Crippen molar-refractivity contribution in [2.45, 2.75) is 26.7 Å². The highest BCUT2D eigenvalue weighted by Gasteiger charge is 2.19. The molecule has 3 heteroatoms. The largest absolute Gasteiger partial charge is 0.271 e. The fourth-order valence-corrected chi connectivity index (χ4v) is 3.05. The highest BCUT2D eigenvalue weighted by Crippen LogP contribution is 2.26. The Kier molecular flexibility index (Phi) is 5.47. The van der Waals surface area contributed by atoms with Crippen LogP contribution in [0.5, 0.6) is 0 Å². The Bertz CT molecular complexity index is 861. The molecule has 0 saturated carbocycles. The first-order valence-electron chi connectivity index (χ1n) is 8.89. The Morgan fingerprint density at radius 3 is 2.38 bits per heavy atom. The van der Waals surface area contributed by atoms with Gasteiger partial charge >= 0.3 is 0 Å². The molecule has 3 nitrogen and oxygen atoms in total. The van der Waals surface area contributed by atoms with Crippen molar-refractivity contribution in [2.75, 3.05) is 0 Å². The van der Waals surface area contributed by atoms with Gasteiger partial charge in [0.2, 0.25) is 0 Å². The molecule has 1 amide bonds. The number of carbonyl (C=O) groups is 1. The lowest BCUT2D eigenvalue weighted by Gasteiger charge is -2.22. The number of benzene rings is 2. The van der Waals surface area contributed by atoms with Crippen molar-refractivity contribution in [3.05, 3.63) is 84.0 Å². The number of hydrogen-bond donors (Lipinski definition) is 1. The number of hydrazone groups is 1. The SMILES string of the molecule is C=C(C)[C@H]1CC=C(C)/C(=N\NC(=O)c2ccc(-c3ccccc3)cc2)C1. The summed E-state index contributed by atoms with van der Waals surface area (Å²) in [6.07, 6.45) is 3.99. The Morgan fingerprint density at radius 1 is 1.08 bits per heavy atom. The molecule has 0 aromatic heterocycles. The molecule has 0 fully saturated rings. The van der Waals surface area contributed by atoms with E-state index in [0.717, 1.165) is 40.8 Å². The van der Waals surface area contributed by atoms with Gasteiger partial charge in [-0.25, -0.2) is 5.43 Å². The lowest BCUT2D eigenvalue weighted by atomic mass is 9.85. The lowest BCUT2D eigenvalue weighted by molar-refractivity contribution is 0.0954. The molecule has 0 bridgehead atoms. The zero-order chi connectivity index (χ0) is 18.5. The Balaban J connectivity index is 1.69. The predicted octanol–water partition coefficient (Wildman–Crippen LogP) is 5.37. The van der Waals surface area contributed by atoms with Crippen molar-refractivity contribution < 1.29 is 4.79 Å². The van der Waals surface area contributed by atoms with Crippen molar-refractivity contribution in [2.24, 2.45) is 11.0 Å². The van der Waals surface area contributed by atoms with E-state index in [1.54, 1.807) is 0 Å². The predicted molar refractivity (Wildman–Crippen MR) is 108 cm³/mol. The average Bonchev–Trinajstić information content (AvgIpc) is 2.67. The van der Waals surface area contributed by atoms with Crippen molar-refractivity contribution in [1.29, 1.82) is 0 Å². The molecule has 1 N–H and O–H groups in total. The maximum Gasteiger partial charge on any atom is 0.271 e. The van der Waals surface area contributed by atoms with Crippen LogP contribution < -0.4 is 5.43 Å². The Labute approximate surface area is 155 Å². The van der Waals surface area contributed by atoms with Gasteiger partial charge in [0.15, 0.2) is 0 Å². The maximum absolute atomic E-state index is 12.4. The molecule has 0 aliphatic heterocycles. The molecule has 2 aromatic rings. The van der Waals surface area contributed by atoms with E-state index >= 15 is 0 Å². The summed E-state index contributed by atoms with van der Waals surface area (Å²) in [5, 5.41) is 4.36. The zero-order valence-corrected chi connectivity index (χ0v) is 15.3. The van der Waals surface area contributed by atoms with Gasteiger partial charge in [0.1, 0.15) is 0 Å². The average molecular weight is 344 g/mol. The van der Waals surface area contributed by atoms with Gasteiger partial charge in [0, 0.05) is 5.56 Å².